The Labute approximate surface area is 124 Å². The number of fused-ring (bicyclic) bond motifs is 1. The number of carbonyl (C=O) groups is 1. The van der Waals surface area contributed by atoms with E-state index in [0.29, 0.717) is 0 Å². The fourth-order valence-electron chi connectivity index (χ4n) is 2.25. The number of hydrogen-bond donors (Lipinski definition) is 2. The van der Waals surface area contributed by atoms with Gasteiger partial charge in [0.1, 0.15) is 5.52 Å². The van der Waals surface area contributed by atoms with Crippen molar-refractivity contribution in [1.29, 1.82) is 0 Å². The van der Waals surface area contributed by atoms with Gasteiger partial charge in [0.25, 0.3) is 5.56 Å². The second kappa shape index (κ2) is 5.28. The van der Waals surface area contributed by atoms with E-state index in [1.807, 2.05) is 30.3 Å². The molecule has 22 heavy (non-hydrogen) atoms. The minimum Gasteiger partial charge on any atom is -0.505 e. The van der Waals surface area contributed by atoms with E-state index >= 15 is 0 Å². The Morgan fingerprint density at radius 2 is 1.82 bits per heavy atom. The van der Waals surface area contributed by atoms with E-state index in [9.17, 15) is 19.8 Å². The van der Waals surface area contributed by atoms with E-state index in [1.165, 1.54) is 17.0 Å². The zero-order valence-electron chi connectivity index (χ0n) is 11.3. The van der Waals surface area contributed by atoms with Crippen LogP contribution in [0.4, 0.5) is 0 Å². The summed E-state index contributed by atoms with van der Waals surface area (Å²) >= 11 is 0. The number of rotatable bonds is 3. The summed E-state index contributed by atoms with van der Waals surface area (Å²) in [5.74, 6) is -2.17. The van der Waals surface area contributed by atoms with Crippen molar-refractivity contribution in [1.82, 2.24) is 14.5 Å². The third-order valence-corrected chi connectivity index (χ3v) is 3.25. The first-order valence-electron chi connectivity index (χ1n) is 6.43. The molecule has 0 spiro atoms. The number of pyridine rings is 1. The van der Waals surface area contributed by atoms with Crippen LogP contribution in [0.5, 0.6) is 5.75 Å². The highest BCUT2D eigenvalue weighted by atomic mass is 16.4. The van der Waals surface area contributed by atoms with E-state index in [0.717, 1.165) is 5.56 Å². The van der Waals surface area contributed by atoms with Crippen LogP contribution < -0.4 is 5.56 Å². The number of aromatic hydroxyl groups is 1. The Hall–Kier alpha value is -3.22. The molecule has 2 N–H and O–H groups in total. The average molecular weight is 297 g/mol. The maximum atomic E-state index is 12.4. The molecule has 0 bridgehead atoms. The maximum Gasteiger partial charge on any atom is 0.345 e. The summed E-state index contributed by atoms with van der Waals surface area (Å²) in [6.07, 6.45) is 2.70. The lowest BCUT2D eigenvalue weighted by Crippen LogP contribution is -2.28. The molecule has 1 aromatic carbocycles. The number of nitrogens with zero attached hydrogens (tertiary/aromatic N) is 3. The van der Waals surface area contributed by atoms with Gasteiger partial charge in [0.15, 0.2) is 17.0 Å². The van der Waals surface area contributed by atoms with Crippen LogP contribution in [0.2, 0.25) is 0 Å². The summed E-state index contributed by atoms with van der Waals surface area (Å²) in [4.78, 5) is 31.7. The Bertz CT molecular complexity index is 919. The molecule has 0 saturated heterocycles. The highest BCUT2D eigenvalue weighted by Gasteiger charge is 2.23. The van der Waals surface area contributed by atoms with Gasteiger partial charge in [-0.2, -0.15) is 0 Å². The van der Waals surface area contributed by atoms with Gasteiger partial charge >= 0.3 is 5.97 Å². The van der Waals surface area contributed by atoms with E-state index in [-0.39, 0.29) is 17.7 Å². The summed E-state index contributed by atoms with van der Waals surface area (Å²) in [7, 11) is 0. The molecule has 2 aromatic heterocycles. The molecule has 3 rings (SSSR count). The highest BCUT2D eigenvalue weighted by molar-refractivity contribution is 5.96. The normalized spacial score (nSPS) is 10.7. The topological polar surface area (TPSA) is 105 Å². The lowest BCUT2D eigenvalue weighted by molar-refractivity contribution is 0.0691. The first kappa shape index (κ1) is 13.7. The Morgan fingerprint density at radius 3 is 2.50 bits per heavy atom. The molecule has 110 valence electrons. The molecule has 0 fully saturated rings. The minimum absolute atomic E-state index is 0.0181. The van der Waals surface area contributed by atoms with Gasteiger partial charge < -0.3 is 10.2 Å². The maximum absolute atomic E-state index is 12.4. The minimum atomic E-state index is -1.50. The first-order valence-corrected chi connectivity index (χ1v) is 6.43. The Morgan fingerprint density at radius 1 is 1.14 bits per heavy atom. The van der Waals surface area contributed by atoms with Crippen LogP contribution in [-0.2, 0) is 6.54 Å². The standard InChI is InChI=1S/C15H11N3O4/c19-12-10(15(21)22)14(20)18(8-9-4-2-1-3-5-9)13-11(12)16-6-7-17-13/h1-7,19H,8H2,(H,21,22). The summed E-state index contributed by atoms with van der Waals surface area (Å²) < 4.78 is 1.20. The van der Waals surface area contributed by atoms with Gasteiger partial charge in [0.05, 0.1) is 6.54 Å². The van der Waals surface area contributed by atoms with Crippen LogP contribution >= 0.6 is 0 Å². The highest BCUT2D eigenvalue weighted by Crippen LogP contribution is 2.23. The second-order valence-electron chi connectivity index (χ2n) is 4.63. The third kappa shape index (κ3) is 2.18. The molecule has 3 aromatic rings. The quantitative estimate of drug-likeness (QED) is 0.753. The largest absolute Gasteiger partial charge is 0.505 e. The molecule has 0 saturated carbocycles. The molecule has 0 aliphatic rings. The lowest BCUT2D eigenvalue weighted by Gasteiger charge is -2.11. The Balaban J connectivity index is 2.33. The summed E-state index contributed by atoms with van der Waals surface area (Å²) in [6.45, 7) is 0.134. The van der Waals surface area contributed by atoms with Gasteiger partial charge in [-0.1, -0.05) is 30.3 Å². The van der Waals surface area contributed by atoms with Gasteiger partial charge in [0, 0.05) is 12.4 Å². The lowest BCUT2D eigenvalue weighted by atomic mass is 10.2. The molecule has 0 atom stereocenters. The smallest absolute Gasteiger partial charge is 0.345 e. The van der Waals surface area contributed by atoms with Gasteiger partial charge in [-0.3, -0.25) is 9.36 Å². The van der Waals surface area contributed by atoms with E-state index in [1.54, 1.807) is 0 Å². The van der Waals surface area contributed by atoms with E-state index in [2.05, 4.69) is 9.97 Å². The Kier molecular flexibility index (Phi) is 3.30. The van der Waals surface area contributed by atoms with Crippen LogP contribution in [0.3, 0.4) is 0 Å². The molecule has 7 heteroatoms. The third-order valence-electron chi connectivity index (χ3n) is 3.25. The van der Waals surface area contributed by atoms with Crippen LogP contribution in [0.15, 0.2) is 47.5 Å². The molecule has 2 heterocycles. The van der Waals surface area contributed by atoms with Gasteiger partial charge in [-0.05, 0) is 5.56 Å². The van der Waals surface area contributed by atoms with Crippen molar-refractivity contribution >= 4 is 17.1 Å². The number of aromatic carboxylic acids is 1. The molecule has 0 aliphatic heterocycles. The number of carboxylic acid groups (broad SMARTS) is 1. The fourth-order valence-corrected chi connectivity index (χ4v) is 2.25. The predicted molar refractivity (Wildman–Crippen MR) is 78.0 cm³/mol. The summed E-state index contributed by atoms with van der Waals surface area (Å²) in [6, 6.07) is 9.08. The van der Waals surface area contributed by atoms with Gasteiger partial charge in [-0.25, -0.2) is 14.8 Å². The number of benzene rings is 1. The predicted octanol–water partition coefficient (Wildman–Crippen LogP) is 1.24. The van der Waals surface area contributed by atoms with Crippen molar-refractivity contribution in [2.45, 2.75) is 6.54 Å². The average Bonchev–Trinajstić information content (AvgIpc) is 2.52. The second-order valence-corrected chi connectivity index (χ2v) is 4.63. The van der Waals surface area contributed by atoms with Crippen LogP contribution in [-0.4, -0.2) is 30.7 Å². The van der Waals surface area contributed by atoms with Crippen molar-refractivity contribution in [3.8, 4) is 5.75 Å². The summed E-state index contributed by atoms with van der Waals surface area (Å²) in [5.41, 5.74) is -0.598. The number of aromatic nitrogens is 3. The molecule has 0 aliphatic carbocycles. The zero-order valence-corrected chi connectivity index (χ0v) is 11.3. The molecule has 0 radical (unpaired) electrons. The SMILES string of the molecule is O=C(O)c1c(O)c2nccnc2n(Cc2ccccc2)c1=O. The van der Waals surface area contributed by atoms with Crippen molar-refractivity contribution < 1.29 is 15.0 Å². The monoisotopic (exact) mass is 297 g/mol. The zero-order chi connectivity index (χ0) is 15.7. The van der Waals surface area contributed by atoms with Crippen LogP contribution in [0.1, 0.15) is 15.9 Å². The van der Waals surface area contributed by atoms with Gasteiger partial charge in [-0.15, -0.1) is 0 Å². The van der Waals surface area contributed by atoms with Crippen molar-refractivity contribution in [2.75, 3.05) is 0 Å². The molecular formula is C15H11N3O4. The van der Waals surface area contributed by atoms with Crippen molar-refractivity contribution in [3.05, 3.63) is 64.2 Å². The molecular weight excluding hydrogens is 286 g/mol. The number of carboxylic acids is 1. The van der Waals surface area contributed by atoms with Gasteiger partial charge in [0.2, 0.25) is 0 Å². The first-order chi connectivity index (χ1) is 10.6. The van der Waals surface area contributed by atoms with Crippen LogP contribution in [0.25, 0.3) is 11.2 Å². The molecule has 0 unspecified atom stereocenters. The van der Waals surface area contributed by atoms with Crippen LogP contribution in [0, 0.1) is 0 Å². The number of hydrogen-bond acceptors (Lipinski definition) is 5. The van der Waals surface area contributed by atoms with Crippen molar-refractivity contribution in [2.24, 2.45) is 0 Å². The van der Waals surface area contributed by atoms with Crippen molar-refractivity contribution in [3.63, 3.8) is 0 Å². The molecule has 0 amide bonds. The molecule has 7 nitrogen and oxygen atoms in total. The van der Waals surface area contributed by atoms with E-state index < -0.39 is 22.8 Å². The fraction of sp³-hybridized carbons (Fsp3) is 0.0667. The summed E-state index contributed by atoms with van der Waals surface area (Å²) in [5, 5.41) is 19.2. The van der Waals surface area contributed by atoms with E-state index in [4.69, 9.17) is 0 Å².